The molecular weight excluding hydrogens is 157 g/mol. The van der Waals surface area contributed by atoms with Crippen molar-refractivity contribution in [3.8, 4) is 5.75 Å². The number of hydrogen-bond acceptors (Lipinski definition) is 2. The fourth-order valence-electron chi connectivity index (χ4n) is 0.515. The van der Waals surface area contributed by atoms with Gasteiger partial charge < -0.3 is 4.74 Å². The highest BCUT2D eigenvalue weighted by atomic mass is 35.5. The molecule has 0 aromatic carbocycles. The minimum atomic E-state index is -0.678. The molecule has 0 atom stereocenters. The zero-order valence-electron chi connectivity index (χ0n) is 5.27. The average Bonchev–Trinajstić information content (AvgIpc) is 1.95. The van der Waals surface area contributed by atoms with E-state index in [9.17, 15) is 4.39 Å². The largest absolute Gasteiger partial charge is 0.495 e. The number of halogens is 2. The Morgan fingerprint density at radius 1 is 1.70 bits per heavy atom. The van der Waals surface area contributed by atoms with Crippen LogP contribution in [0.25, 0.3) is 0 Å². The summed E-state index contributed by atoms with van der Waals surface area (Å²) < 4.78 is 17.1. The summed E-state index contributed by atoms with van der Waals surface area (Å²) in [5.74, 6) is -0.228. The topological polar surface area (TPSA) is 22.1 Å². The molecular formula is C6H5ClFNO. The van der Waals surface area contributed by atoms with Crippen molar-refractivity contribution in [2.45, 2.75) is 0 Å². The molecule has 0 saturated heterocycles. The van der Waals surface area contributed by atoms with Crippen molar-refractivity contribution in [3.63, 3.8) is 0 Å². The van der Waals surface area contributed by atoms with Crippen LogP contribution in [0.15, 0.2) is 12.3 Å². The summed E-state index contributed by atoms with van der Waals surface area (Å²) in [6.45, 7) is 0. The van der Waals surface area contributed by atoms with Crippen LogP contribution >= 0.6 is 11.6 Å². The number of ether oxygens (including phenoxy) is 1. The Hall–Kier alpha value is -0.830. The van der Waals surface area contributed by atoms with Crippen LogP contribution in [0.5, 0.6) is 5.75 Å². The number of aromatic nitrogens is 1. The molecule has 2 nitrogen and oxygen atoms in total. The molecule has 0 saturated carbocycles. The summed E-state index contributed by atoms with van der Waals surface area (Å²) in [6, 6.07) is 1.36. The SMILES string of the molecule is COc1cnc(F)c(Cl)c1. The van der Waals surface area contributed by atoms with Gasteiger partial charge in [-0.2, -0.15) is 4.39 Å². The maximum Gasteiger partial charge on any atom is 0.231 e. The predicted molar refractivity (Wildman–Crippen MR) is 35.8 cm³/mol. The summed E-state index contributed by atoms with van der Waals surface area (Å²) in [7, 11) is 1.46. The van der Waals surface area contributed by atoms with Crippen molar-refractivity contribution < 1.29 is 9.13 Å². The van der Waals surface area contributed by atoms with Crippen LogP contribution in [0.2, 0.25) is 5.02 Å². The first-order valence-electron chi connectivity index (χ1n) is 2.59. The van der Waals surface area contributed by atoms with Gasteiger partial charge in [0, 0.05) is 6.07 Å². The maximum absolute atomic E-state index is 12.3. The van der Waals surface area contributed by atoms with E-state index in [-0.39, 0.29) is 5.02 Å². The molecule has 4 heteroatoms. The summed E-state index contributed by atoms with van der Waals surface area (Å²) in [4.78, 5) is 3.33. The molecule has 1 aromatic rings. The van der Waals surface area contributed by atoms with Gasteiger partial charge in [0.25, 0.3) is 0 Å². The lowest BCUT2D eigenvalue weighted by Crippen LogP contribution is -1.87. The molecule has 0 aliphatic rings. The lowest BCUT2D eigenvalue weighted by molar-refractivity contribution is 0.410. The Morgan fingerprint density at radius 3 is 2.90 bits per heavy atom. The van der Waals surface area contributed by atoms with Gasteiger partial charge in [-0.3, -0.25) is 0 Å². The lowest BCUT2D eigenvalue weighted by Gasteiger charge is -1.97. The molecule has 1 rings (SSSR count). The van der Waals surface area contributed by atoms with E-state index in [4.69, 9.17) is 16.3 Å². The highest BCUT2D eigenvalue weighted by Gasteiger charge is 2.00. The molecule has 0 aliphatic heterocycles. The molecule has 0 amide bonds. The zero-order valence-corrected chi connectivity index (χ0v) is 6.02. The quantitative estimate of drug-likeness (QED) is 0.587. The average molecular weight is 162 g/mol. The molecule has 10 heavy (non-hydrogen) atoms. The highest BCUT2D eigenvalue weighted by Crippen LogP contribution is 2.17. The van der Waals surface area contributed by atoms with Gasteiger partial charge in [0.15, 0.2) is 0 Å². The van der Waals surface area contributed by atoms with Crippen LogP contribution in [0.3, 0.4) is 0 Å². The van der Waals surface area contributed by atoms with Crippen LogP contribution in [0.1, 0.15) is 0 Å². The Kier molecular flexibility index (Phi) is 2.06. The van der Waals surface area contributed by atoms with Crippen LogP contribution in [0, 0.1) is 5.95 Å². The monoisotopic (exact) mass is 161 g/mol. The molecule has 0 fully saturated rings. The summed E-state index contributed by atoms with van der Waals surface area (Å²) in [5, 5.41) is -0.0284. The van der Waals surface area contributed by atoms with Gasteiger partial charge in [-0.1, -0.05) is 11.6 Å². The van der Waals surface area contributed by atoms with Gasteiger partial charge in [-0.15, -0.1) is 0 Å². The van der Waals surface area contributed by atoms with E-state index >= 15 is 0 Å². The number of pyridine rings is 1. The van der Waals surface area contributed by atoms with Crippen molar-refractivity contribution in [2.75, 3.05) is 7.11 Å². The van der Waals surface area contributed by atoms with Crippen molar-refractivity contribution in [3.05, 3.63) is 23.2 Å². The van der Waals surface area contributed by atoms with Gasteiger partial charge in [0.1, 0.15) is 5.75 Å². The van der Waals surface area contributed by atoms with Crippen molar-refractivity contribution in [2.24, 2.45) is 0 Å². The second-order valence-electron chi connectivity index (χ2n) is 1.65. The van der Waals surface area contributed by atoms with E-state index in [1.54, 1.807) is 0 Å². The Balaban J connectivity index is 3.04. The summed E-state index contributed by atoms with van der Waals surface area (Å²) in [5.41, 5.74) is 0. The first-order chi connectivity index (χ1) is 4.74. The molecule has 1 heterocycles. The molecule has 0 N–H and O–H groups in total. The Labute approximate surface area is 62.6 Å². The second kappa shape index (κ2) is 2.84. The van der Waals surface area contributed by atoms with Gasteiger partial charge in [0.05, 0.1) is 18.3 Å². The first-order valence-corrected chi connectivity index (χ1v) is 2.97. The Bertz CT molecular complexity index is 241. The fraction of sp³-hybridized carbons (Fsp3) is 0.167. The smallest absolute Gasteiger partial charge is 0.231 e. The molecule has 0 bridgehead atoms. The first kappa shape index (κ1) is 7.28. The van der Waals surface area contributed by atoms with Crippen LogP contribution in [0.4, 0.5) is 4.39 Å². The van der Waals surface area contributed by atoms with Crippen LogP contribution < -0.4 is 4.74 Å². The van der Waals surface area contributed by atoms with Gasteiger partial charge in [-0.25, -0.2) is 4.98 Å². The predicted octanol–water partition coefficient (Wildman–Crippen LogP) is 1.88. The molecule has 0 spiro atoms. The lowest BCUT2D eigenvalue weighted by atomic mass is 10.4. The number of rotatable bonds is 1. The molecule has 54 valence electrons. The van der Waals surface area contributed by atoms with Crippen molar-refractivity contribution in [1.29, 1.82) is 0 Å². The summed E-state index contributed by atoms with van der Waals surface area (Å²) >= 11 is 5.38. The third-order valence-electron chi connectivity index (χ3n) is 1.01. The third-order valence-corrected chi connectivity index (χ3v) is 1.27. The molecule has 1 aromatic heterocycles. The second-order valence-corrected chi connectivity index (χ2v) is 2.05. The van der Waals surface area contributed by atoms with E-state index in [1.807, 2.05) is 0 Å². The van der Waals surface area contributed by atoms with Gasteiger partial charge in [0.2, 0.25) is 5.95 Å². The molecule has 0 aliphatic carbocycles. The minimum Gasteiger partial charge on any atom is -0.495 e. The van der Waals surface area contributed by atoms with E-state index in [0.29, 0.717) is 5.75 Å². The normalized spacial score (nSPS) is 9.50. The molecule has 0 radical (unpaired) electrons. The number of nitrogens with zero attached hydrogens (tertiary/aromatic N) is 1. The number of hydrogen-bond donors (Lipinski definition) is 0. The zero-order chi connectivity index (χ0) is 7.56. The minimum absolute atomic E-state index is 0.0284. The third kappa shape index (κ3) is 1.36. The Morgan fingerprint density at radius 2 is 2.40 bits per heavy atom. The van der Waals surface area contributed by atoms with Crippen LogP contribution in [-0.4, -0.2) is 12.1 Å². The van der Waals surface area contributed by atoms with Gasteiger partial charge in [-0.05, 0) is 0 Å². The highest BCUT2D eigenvalue weighted by molar-refractivity contribution is 6.30. The fourth-order valence-corrected chi connectivity index (χ4v) is 0.672. The van der Waals surface area contributed by atoms with E-state index in [0.717, 1.165) is 0 Å². The molecule has 0 unspecified atom stereocenters. The van der Waals surface area contributed by atoms with E-state index < -0.39 is 5.95 Å². The van der Waals surface area contributed by atoms with E-state index in [1.165, 1.54) is 19.4 Å². The van der Waals surface area contributed by atoms with Gasteiger partial charge >= 0.3 is 0 Å². The van der Waals surface area contributed by atoms with E-state index in [2.05, 4.69) is 4.98 Å². The van der Waals surface area contributed by atoms with Crippen LogP contribution in [-0.2, 0) is 0 Å². The number of methoxy groups -OCH3 is 1. The summed E-state index contributed by atoms with van der Waals surface area (Å²) in [6.07, 6.45) is 1.27. The standard InChI is InChI=1S/C6H5ClFNO/c1-10-4-2-5(7)6(8)9-3-4/h2-3H,1H3. The van der Waals surface area contributed by atoms with Crippen molar-refractivity contribution >= 4 is 11.6 Å². The maximum atomic E-state index is 12.3. The van der Waals surface area contributed by atoms with Crippen molar-refractivity contribution in [1.82, 2.24) is 4.98 Å².